The van der Waals surface area contributed by atoms with Crippen LogP contribution in [0.25, 0.3) is 0 Å². The first-order valence-corrected chi connectivity index (χ1v) is 7.62. The number of nitrogens with two attached hydrogens (primary N) is 1. The zero-order valence-electron chi connectivity index (χ0n) is 12.7. The number of hydrogen-bond donors (Lipinski definition) is 1. The van der Waals surface area contributed by atoms with Crippen LogP contribution < -0.4 is 10.6 Å². The molecule has 1 unspecified atom stereocenters. The van der Waals surface area contributed by atoms with Crippen LogP contribution in [-0.4, -0.2) is 23.1 Å². The summed E-state index contributed by atoms with van der Waals surface area (Å²) in [6.07, 6.45) is 1.97. The highest BCUT2D eigenvalue weighted by molar-refractivity contribution is 5.57. The first-order valence-electron chi connectivity index (χ1n) is 7.62. The van der Waals surface area contributed by atoms with Gasteiger partial charge in [-0.2, -0.15) is 0 Å². The second kappa shape index (κ2) is 5.72. The van der Waals surface area contributed by atoms with Crippen LogP contribution in [0.3, 0.4) is 0 Å². The minimum Gasteiger partial charge on any atom is -0.383 e. The van der Waals surface area contributed by atoms with Gasteiger partial charge in [-0.3, -0.25) is 0 Å². The van der Waals surface area contributed by atoms with Crippen LogP contribution in [0.15, 0.2) is 30.3 Å². The molecular weight excluding hydrogens is 260 g/mol. The number of hydrogen-bond acceptors (Lipinski definition) is 4. The van der Waals surface area contributed by atoms with Gasteiger partial charge in [-0.15, -0.1) is 0 Å². The lowest BCUT2D eigenvalue weighted by atomic mass is 9.99. The summed E-state index contributed by atoms with van der Waals surface area (Å²) in [6.45, 7) is 6.11. The Morgan fingerprint density at radius 1 is 1.24 bits per heavy atom. The Labute approximate surface area is 126 Å². The Bertz CT molecular complexity index is 624. The SMILES string of the molecule is CCc1nc(N)c(C)c(N2CCC(c3ccccc3)C2)n1. The van der Waals surface area contributed by atoms with Crippen molar-refractivity contribution in [2.24, 2.45) is 0 Å². The zero-order valence-corrected chi connectivity index (χ0v) is 12.7. The molecule has 1 atom stereocenters. The first-order chi connectivity index (χ1) is 10.2. The largest absolute Gasteiger partial charge is 0.383 e. The number of rotatable bonds is 3. The zero-order chi connectivity index (χ0) is 14.8. The molecule has 1 aromatic heterocycles. The fourth-order valence-corrected chi connectivity index (χ4v) is 2.98. The number of aromatic nitrogens is 2. The summed E-state index contributed by atoms with van der Waals surface area (Å²) in [4.78, 5) is 11.4. The maximum Gasteiger partial charge on any atom is 0.137 e. The van der Waals surface area contributed by atoms with Gasteiger partial charge in [0, 0.05) is 31.0 Å². The predicted molar refractivity (Wildman–Crippen MR) is 86.6 cm³/mol. The minimum atomic E-state index is 0.576. The molecule has 110 valence electrons. The van der Waals surface area contributed by atoms with Crippen molar-refractivity contribution in [3.63, 3.8) is 0 Å². The molecule has 1 aromatic carbocycles. The summed E-state index contributed by atoms with van der Waals surface area (Å²) in [5.74, 6) is 3.03. The van der Waals surface area contributed by atoms with Gasteiger partial charge in [0.1, 0.15) is 17.5 Å². The van der Waals surface area contributed by atoms with Crippen molar-refractivity contribution in [2.75, 3.05) is 23.7 Å². The van der Waals surface area contributed by atoms with Crippen LogP contribution in [0, 0.1) is 6.92 Å². The van der Waals surface area contributed by atoms with Gasteiger partial charge in [-0.05, 0) is 18.9 Å². The quantitative estimate of drug-likeness (QED) is 0.940. The van der Waals surface area contributed by atoms with Gasteiger partial charge in [0.25, 0.3) is 0 Å². The maximum atomic E-state index is 6.03. The average Bonchev–Trinajstić information content (AvgIpc) is 3.00. The molecule has 2 heterocycles. The van der Waals surface area contributed by atoms with Crippen molar-refractivity contribution in [3.05, 3.63) is 47.3 Å². The van der Waals surface area contributed by atoms with Crippen LogP contribution in [0.1, 0.15) is 36.2 Å². The van der Waals surface area contributed by atoms with Gasteiger partial charge in [0.15, 0.2) is 0 Å². The number of aryl methyl sites for hydroxylation is 1. The smallest absolute Gasteiger partial charge is 0.137 e. The minimum absolute atomic E-state index is 0.576. The third-order valence-electron chi connectivity index (χ3n) is 4.28. The summed E-state index contributed by atoms with van der Waals surface area (Å²) < 4.78 is 0. The molecule has 1 aliphatic rings. The molecule has 0 spiro atoms. The molecule has 0 amide bonds. The number of nitrogens with zero attached hydrogens (tertiary/aromatic N) is 3. The normalized spacial score (nSPS) is 18.2. The highest BCUT2D eigenvalue weighted by Gasteiger charge is 2.26. The van der Waals surface area contributed by atoms with Crippen molar-refractivity contribution in [1.82, 2.24) is 9.97 Å². The lowest BCUT2D eigenvalue weighted by molar-refractivity contribution is 0.773. The topological polar surface area (TPSA) is 55.0 Å². The van der Waals surface area contributed by atoms with Gasteiger partial charge in [-0.1, -0.05) is 37.3 Å². The van der Waals surface area contributed by atoms with Crippen LogP contribution in [0.2, 0.25) is 0 Å². The van der Waals surface area contributed by atoms with Crippen molar-refractivity contribution >= 4 is 11.6 Å². The molecular formula is C17H22N4. The van der Waals surface area contributed by atoms with Crippen molar-refractivity contribution in [1.29, 1.82) is 0 Å². The molecule has 2 N–H and O–H groups in total. The van der Waals surface area contributed by atoms with E-state index in [1.807, 2.05) is 6.92 Å². The molecule has 2 aromatic rings. The summed E-state index contributed by atoms with van der Waals surface area (Å²) in [5, 5.41) is 0. The molecule has 1 aliphatic heterocycles. The van der Waals surface area contributed by atoms with Crippen LogP contribution in [0.4, 0.5) is 11.6 Å². The lowest BCUT2D eigenvalue weighted by Gasteiger charge is -2.21. The van der Waals surface area contributed by atoms with E-state index < -0.39 is 0 Å². The van der Waals surface area contributed by atoms with E-state index in [1.165, 1.54) is 5.56 Å². The molecule has 1 saturated heterocycles. The summed E-state index contributed by atoms with van der Waals surface area (Å²) in [6, 6.07) is 10.7. The second-order valence-electron chi connectivity index (χ2n) is 5.67. The van der Waals surface area contributed by atoms with E-state index in [4.69, 9.17) is 10.7 Å². The first kappa shape index (κ1) is 13.9. The van der Waals surface area contributed by atoms with E-state index in [0.717, 1.165) is 43.1 Å². The molecule has 1 fully saturated rings. The molecule has 4 nitrogen and oxygen atoms in total. The van der Waals surface area contributed by atoms with Crippen LogP contribution >= 0.6 is 0 Å². The van der Waals surface area contributed by atoms with E-state index in [1.54, 1.807) is 0 Å². The Balaban J connectivity index is 1.85. The molecule has 21 heavy (non-hydrogen) atoms. The third-order valence-corrected chi connectivity index (χ3v) is 4.28. The van der Waals surface area contributed by atoms with Gasteiger partial charge in [0.2, 0.25) is 0 Å². The summed E-state index contributed by atoms with van der Waals surface area (Å²) in [7, 11) is 0. The highest BCUT2D eigenvalue weighted by Crippen LogP contribution is 2.32. The fraction of sp³-hybridized carbons (Fsp3) is 0.412. The van der Waals surface area contributed by atoms with Gasteiger partial charge < -0.3 is 10.6 Å². The van der Waals surface area contributed by atoms with E-state index in [0.29, 0.717) is 11.7 Å². The van der Waals surface area contributed by atoms with Gasteiger partial charge in [0.05, 0.1) is 0 Å². The number of anilines is 2. The Morgan fingerprint density at radius 3 is 2.71 bits per heavy atom. The average molecular weight is 282 g/mol. The molecule has 0 aliphatic carbocycles. The Morgan fingerprint density at radius 2 is 2.00 bits per heavy atom. The van der Waals surface area contributed by atoms with E-state index in [2.05, 4.69) is 47.1 Å². The van der Waals surface area contributed by atoms with Crippen molar-refractivity contribution in [3.8, 4) is 0 Å². The van der Waals surface area contributed by atoms with Crippen molar-refractivity contribution < 1.29 is 0 Å². The lowest BCUT2D eigenvalue weighted by Crippen LogP contribution is -2.23. The molecule has 4 heteroatoms. The fourth-order valence-electron chi connectivity index (χ4n) is 2.98. The monoisotopic (exact) mass is 282 g/mol. The van der Waals surface area contributed by atoms with Gasteiger partial charge >= 0.3 is 0 Å². The van der Waals surface area contributed by atoms with E-state index in [9.17, 15) is 0 Å². The van der Waals surface area contributed by atoms with Gasteiger partial charge in [-0.25, -0.2) is 9.97 Å². The van der Waals surface area contributed by atoms with Crippen molar-refractivity contribution in [2.45, 2.75) is 32.6 Å². The van der Waals surface area contributed by atoms with Crippen LogP contribution in [-0.2, 0) is 6.42 Å². The van der Waals surface area contributed by atoms with E-state index in [-0.39, 0.29) is 0 Å². The number of benzene rings is 1. The molecule has 0 bridgehead atoms. The number of nitrogen functional groups attached to an aromatic ring is 1. The Hall–Kier alpha value is -2.10. The molecule has 3 rings (SSSR count). The molecule has 0 radical (unpaired) electrons. The maximum absolute atomic E-state index is 6.03. The standard InChI is InChI=1S/C17H22N4/c1-3-15-19-16(18)12(2)17(20-15)21-10-9-14(11-21)13-7-5-4-6-8-13/h4-8,14H,3,9-11H2,1-2H3,(H2,18,19,20). The third kappa shape index (κ3) is 2.71. The van der Waals surface area contributed by atoms with Crippen LogP contribution in [0.5, 0.6) is 0 Å². The summed E-state index contributed by atoms with van der Waals surface area (Å²) in [5.41, 5.74) is 8.45. The molecule has 0 saturated carbocycles. The van der Waals surface area contributed by atoms with E-state index >= 15 is 0 Å². The second-order valence-corrected chi connectivity index (χ2v) is 5.67. The predicted octanol–water partition coefficient (Wildman–Crippen LogP) is 2.92. The highest BCUT2D eigenvalue weighted by atomic mass is 15.2. The Kier molecular flexibility index (Phi) is 3.78. The summed E-state index contributed by atoms with van der Waals surface area (Å²) >= 11 is 0.